The Morgan fingerprint density at radius 3 is 2.76 bits per heavy atom. The SMILES string of the molecule is CCn1nc(C)c(Br)c1CC(NC)c1c(F)cccc1Cl. The molecular weight excluding hydrogens is 357 g/mol. The summed E-state index contributed by atoms with van der Waals surface area (Å²) in [4.78, 5) is 0. The summed E-state index contributed by atoms with van der Waals surface area (Å²) in [5, 5.41) is 8.05. The lowest BCUT2D eigenvalue weighted by molar-refractivity contribution is 0.510. The van der Waals surface area contributed by atoms with Gasteiger partial charge in [-0.1, -0.05) is 17.7 Å². The first-order chi connectivity index (χ1) is 9.99. The van der Waals surface area contributed by atoms with Gasteiger partial charge in [0.15, 0.2) is 0 Å². The predicted molar refractivity (Wildman–Crippen MR) is 87.3 cm³/mol. The van der Waals surface area contributed by atoms with Crippen LogP contribution in [0.15, 0.2) is 22.7 Å². The van der Waals surface area contributed by atoms with E-state index >= 15 is 0 Å². The molecule has 1 aromatic heterocycles. The normalized spacial score (nSPS) is 12.7. The molecule has 2 aromatic rings. The fourth-order valence-electron chi connectivity index (χ4n) is 2.45. The standard InChI is InChI=1S/C15H18BrClFN3/c1-4-21-13(15(16)9(2)20-21)8-12(19-3)14-10(17)6-5-7-11(14)18/h5-7,12,19H,4,8H2,1-3H3. The highest BCUT2D eigenvalue weighted by molar-refractivity contribution is 9.10. The molecule has 0 saturated carbocycles. The Hall–Kier alpha value is -0.910. The van der Waals surface area contributed by atoms with Gasteiger partial charge in [0.2, 0.25) is 0 Å². The number of rotatable bonds is 5. The van der Waals surface area contributed by atoms with E-state index in [9.17, 15) is 4.39 Å². The minimum Gasteiger partial charge on any atom is -0.313 e. The predicted octanol–water partition coefficient (Wildman–Crippen LogP) is 4.27. The molecular formula is C15H18BrClFN3. The number of hydrogen-bond acceptors (Lipinski definition) is 2. The molecule has 0 fully saturated rings. The Kier molecular flexibility index (Phi) is 5.41. The highest BCUT2D eigenvalue weighted by Gasteiger charge is 2.22. The van der Waals surface area contributed by atoms with Crippen LogP contribution in [0.2, 0.25) is 5.02 Å². The van der Waals surface area contributed by atoms with Gasteiger partial charge in [-0.15, -0.1) is 0 Å². The molecule has 0 saturated heterocycles. The van der Waals surface area contributed by atoms with Crippen LogP contribution >= 0.6 is 27.5 Å². The number of nitrogens with one attached hydrogen (secondary N) is 1. The first kappa shape index (κ1) is 16.5. The van der Waals surface area contributed by atoms with E-state index in [-0.39, 0.29) is 11.9 Å². The van der Waals surface area contributed by atoms with E-state index in [1.807, 2.05) is 18.5 Å². The van der Waals surface area contributed by atoms with Gasteiger partial charge in [0.05, 0.1) is 15.9 Å². The molecule has 1 aromatic carbocycles. The summed E-state index contributed by atoms with van der Waals surface area (Å²) in [7, 11) is 1.81. The Balaban J connectivity index is 2.41. The van der Waals surface area contributed by atoms with Gasteiger partial charge >= 0.3 is 0 Å². The van der Waals surface area contributed by atoms with Crippen LogP contribution in [-0.2, 0) is 13.0 Å². The highest BCUT2D eigenvalue weighted by atomic mass is 79.9. The van der Waals surface area contributed by atoms with Crippen molar-refractivity contribution in [3.63, 3.8) is 0 Å². The van der Waals surface area contributed by atoms with E-state index in [1.165, 1.54) is 6.07 Å². The molecule has 1 atom stereocenters. The van der Waals surface area contributed by atoms with Crippen LogP contribution in [0.3, 0.4) is 0 Å². The number of likely N-dealkylation sites (N-methyl/N-ethyl adjacent to an activating group) is 1. The topological polar surface area (TPSA) is 29.9 Å². The van der Waals surface area contributed by atoms with Crippen molar-refractivity contribution >= 4 is 27.5 Å². The molecule has 0 spiro atoms. The van der Waals surface area contributed by atoms with E-state index in [1.54, 1.807) is 19.2 Å². The summed E-state index contributed by atoms with van der Waals surface area (Å²) in [6.45, 7) is 4.75. The van der Waals surface area contributed by atoms with E-state index in [2.05, 4.69) is 26.3 Å². The number of hydrogen-bond donors (Lipinski definition) is 1. The lowest BCUT2D eigenvalue weighted by Crippen LogP contribution is -2.22. The smallest absolute Gasteiger partial charge is 0.129 e. The second kappa shape index (κ2) is 6.90. The summed E-state index contributed by atoms with van der Waals surface area (Å²) in [6.07, 6.45) is 0.604. The maximum Gasteiger partial charge on any atom is 0.129 e. The second-order valence-electron chi connectivity index (χ2n) is 4.84. The van der Waals surface area contributed by atoms with Gasteiger partial charge in [-0.05, 0) is 49.0 Å². The number of nitrogens with zero attached hydrogens (tertiary/aromatic N) is 2. The van der Waals surface area contributed by atoms with E-state index in [0.717, 1.165) is 22.4 Å². The second-order valence-corrected chi connectivity index (χ2v) is 6.04. The third kappa shape index (κ3) is 3.30. The average Bonchev–Trinajstić information content (AvgIpc) is 2.73. The lowest BCUT2D eigenvalue weighted by atomic mass is 10.0. The van der Waals surface area contributed by atoms with Crippen LogP contribution in [0.5, 0.6) is 0 Å². The molecule has 0 bridgehead atoms. The zero-order chi connectivity index (χ0) is 15.6. The van der Waals surface area contributed by atoms with Crippen molar-refractivity contribution in [2.75, 3.05) is 7.05 Å². The van der Waals surface area contributed by atoms with Gasteiger partial charge in [-0.25, -0.2) is 4.39 Å². The Morgan fingerprint density at radius 2 is 2.19 bits per heavy atom. The molecule has 6 heteroatoms. The van der Waals surface area contributed by atoms with Crippen molar-refractivity contribution in [1.29, 1.82) is 0 Å². The van der Waals surface area contributed by atoms with Crippen LogP contribution in [-0.4, -0.2) is 16.8 Å². The fourth-order valence-corrected chi connectivity index (χ4v) is 3.19. The lowest BCUT2D eigenvalue weighted by Gasteiger charge is -2.19. The van der Waals surface area contributed by atoms with Gasteiger partial charge < -0.3 is 5.32 Å². The number of aromatic nitrogens is 2. The van der Waals surface area contributed by atoms with Crippen LogP contribution in [0.1, 0.15) is 29.9 Å². The number of benzene rings is 1. The largest absolute Gasteiger partial charge is 0.313 e. The van der Waals surface area contributed by atoms with Crippen LogP contribution in [0.4, 0.5) is 4.39 Å². The first-order valence-electron chi connectivity index (χ1n) is 6.82. The molecule has 1 heterocycles. The van der Waals surface area contributed by atoms with Gasteiger partial charge in [0.1, 0.15) is 5.82 Å². The minimum absolute atomic E-state index is 0.212. The van der Waals surface area contributed by atoms with Crippen molar-refractivity contribution in [3.05, 3.63) is 50.5 Å². The van der Waals surface area contributed by atoms with Crippen molar-refractivity contribution in [2.45, 2.75) is 32.9 Å². The summed E-state index contributed by atoms with van der Waals surface area (Å²) in [5.41, 5.74) is 2.46. The molecule has 3 nitrogen and oxygen atoms in total. The van der Waals surface area contributed by atoms with Crippen molar-refractivity contribution in [2.24, 2.45) is 0 Å². The number of aryl methyl sites for hydroxylation is 2. The van der Waals surface area contributed by atoms with Crippen molar-refractivity contribution < 1.29 is 4.39 Å². The molecule has 0 aliphatic rings. The van der Waals surface area contributed by atoms with E-state index in [4.69, 9.17) is 11.6 Å². The van der Waals surface area contributed by atoms with Crippen LogP contribution in [0.25, 0.3) is 0 Å². The third-order valence-corrected chi connectivity index (χ3v) is 4.91. The average molecular weight is 375 g/mol. The molecule has 1 N–H and O–H groups in total. The van der Waals surface area contributed by atoms with E-state index in [0.29, 0.717) is 17.0 Å². The summed E-state index contributed by atoms with van der Waals surface area (Å²) >= 11 is 9.75. The Labute approximate surface area is 137 Å². The molecule has 2 rings (SSSR count). The maximum atomic E-state index is 14.1. The molecule has 0 radical (unpaired) electrons. The first-order valence-corrected chi connectivity index (χ1v) is 7.99. The molecule has 0 amide bonds. The fraction of sp³-hybridized carbons (Fsp3) is 0.400. The Morgan fingerprint density at radius 1 is 1.48 bits per heavy atom. The number of halogens is 3. The molecule has 0 aliphatic carbocycles. The van der Waals surface area contributed by atoms with Crippen molar-refractivity contribution in [3.8, 4) is 0 Å². The zero-order valence-corrected chi connectivity index (χ0v) is 14.6. The van der Waals surface area contributed by atoms with Gasteiger partial charge in [0, 0.05) is 29.6 Å². The van der Waals surface area contributed by atoms with Gasteiger partial charge in [0.25, 0.3) is 0 Å². The van der Waals surface area contributed by atoms with Crippen LogP contribution < -0.4 is 5.32 Å². The van der Waals surface area contributed by atoms with Gasteiger partial charge in [-0.2, -0.15) is 5.10 Å². The Bertz CT molecular complexity index is 622. The summed E-state index contributed by atoms with van der Waals surface area (Å²) in [6, 6.07) is 4.55. The molecule has 21 heavy (non-hydrogen) atoms. The summed E-state index contributed by atoms with van der Waals surface area (Å²) in [5.74, 6) is -0.294. The minimum atomic E-state index is -0.294. The highest BCUT2D eigenvalue weighted by Crippen LogP contribution is 2.31. The summed E-state index contributed by atoms with van der Waals surface area (Å²) < 4.78 is 17.0. The van der Waals surface area contributed by atoms with Crippen LogP contribution in [0, 0.1) is 12.7 Å². The molecule has 1 unspecified atom stereocenters. The zero-order valence-electron chi connectivity index (χ0n) is 12.3. The third-order valence-electron chi connectivity index (χ3n) is 3.55. The van der Waals surface area contributed by atoms with Gasteiger partial charge in [-0.3, -0.25) is 4.68 Å². The quantitative estimate of drug-likeness (QED) is 0.847. The van der Waals surface area contributed by atoms with Crippen molar-refractivity contribution in [1.82, 2.24) is 15.1 Å². The molecule has 0 aliphatic heterocycles. The van der Waals surface area contributed by atoms with E-state index < -0.39 is 0 Å². The monoisotopic (exact) mass is 373 g/mol. The maximum absolute atomic E-state index is 14.1. The molecule has 114 valence electrons.